The van der Waals surface area contributed by atoms with Gasteiger partial charge in [-0.15, -0.1) is 0 Å². The van der Waals surface area contributed by atoms with Crippen LogP contribution in [0.1, 0.15) is 235 Å². The summed E-state index contributed by atoms with van der Waals surface area (Å²) in [5, 5.41) is 0. The molecule has 4 atom stereocenters. The van der Waals surface area contributed by atoms with Crippen LogP contribution in [-0.2, 0) is 9.59 Å². The zero-order valence-electron chi connectivity index (χ0n) is 40.9. The fourth-order valence-electron chi connectivity index (χ4n) is 11.8. The van der Waals surface area contributed by atoms with Crippen LogP contribution in [0.5, 0.6) is 0 Å². The molecule has 2 aromatic rings. The van der Waals surface area contributed by atoms with Crippen LogP contribution in [0.25, 0.3) is 11.1 Å². The minimum atomic E-state index is -0.336. The molecule has 3 heterocycles. The number of fused-ring (bicyclic) bond motifs is 2. The first kappa shape index (κ1) is 51.0. The lowest BCUT2D eigenvalue weighted by atomic mass is 9.61. The maximum absolute atomic E-state index is 13.5. The van der Waals surface area contributed by atoms with Crippen molar-refractivity contribution in [1.29, 1.82) is 0 Å². The molecule has 0 aromatic heterocycles. The summed E-state index contributed by atoms with van der Waals surface area (Å²) in [7, 11) is 1.48. The Morgan fingerprint density at radius 3 is 1.27 bits per heavy atom. The molecule has 6 rings (SSSR count). The highest BCUT2D eigenvalue weighted by Gasteiger charge is 2.39. The zero-order chi connectivity index (χ0) is 46.8. The number of carbonyl (C=O) groups excluding carboxylic acids is 6. The average Bonchev–Trinajstić information content (AvgIpc) is 3.86. The number of rotatable bonds is 31. The van der Waals surface area contributed by atoms with Crippen molar-refractivity contribution in [3.8, 4) is 11.1 Å². The fourth-order valence-corrected chi connectivity index (χ4v) is 11.8. The molecule has 1 saturated carbocycles. The number of amides is 6. The summed E-state index contributed by atoms with van der Waals surface area (Å²) in [6.45, 7) is 5.59. The predicted octanol–water partition coefficient (Wildman–Crippen LogP) is 13.5. The van der Waals surface area contributed by atoms with Crippen molar-refractivity contribution in [3.63, 3.8) is 0 Å². The van der Waals surface area contributed by atoms with Crippen molar-refractivity contribution < 1.29 is 28.8 Å². The maximum Gasteiger partial charge on any atom is 0.261 e. The van der Waals surface area contributed by atoms with Gasteiger partial charge in [0, 0.05) is 32.3 Å². The van der Waals surface area contributed by atoms with Crippen LogP contribution in [0.2, 0.25) is 0 Å². The Morgan fingerprint density at radius 1 is 0.409 bits per heavy atom. The Balaban J connectivity index is 0.946. The van der Waals surface area contributed by atoms with E-state index in [-0.39, 0.29) is 35.4 Å². The smallest absolute Gasteiger partial charge is 0.261 e. The molecule has 9 nitrogen and oxygen atoms in total. The minimum Gasteiger partial charge on any atom is -0.277 e. The van der Waals surface area contributed by atoms with Gasteiger partial charge in [0.1, 0.15) is 0 Å². The molecule has 6 amide bonds. The van der Waals surface area contributed by atoms with Crippen molar-refractivity contribution in [2.24, 2.45) is 23.7 Å². The van der Waals surface area contributed by atoms with E-state index in [9.17, 15) is 28.8 Å². The van der Waals surface area contributed by atoms with Gasteiger partial charge in [0.25, 0.3) is 35.4 Å². The predicted molar refractivity (Wildman–Crippen MR) is 264 cm³/mol. The number of unbranched alkanes of at least 4 members (excludes halogenated alkanes) is 18. The quantitative estimate of drug-likeness (QED) is 0.0550. The average molecular weight is 904 g/mol. The Bertz CT molecular complexity index is 1990. The summed E-state index contributed by atoms with van der Waals surface area (Å²) in [5.74, 6) is 1.95. The van der Waals surface area contributed by atoms with Crippen molar-refractivity contribution in [2.45, 2.75) is 194 Å². The molecule has 3 aliphatic heterocycles. The van der Waals surface area contributed by atoms with Crippen LogP contribution in [0, 0.1) is 23.7 Å². The largest absolute Gasteiger partial charge is 0.277 e. The molecule has 0 saturated heterocycles. The molecule has 9 heteroatoms. The maximum atomic E-state index is 13.5. The Hall–Kier alpha value is -4.40. The first-order chi connectivity index (χ1) is 32.1. The van der Waals surface area contributed by atoms with Gasteiger partial charge in [-0.25, -0.2) is 0 Å². The number of imide groups is 3. The molecule has 360 valence electrons. The van der Waals surface area contributed by atoms with E-state index in [0.29, 0.717) is 35.3 Å². The van der Waals surface area contributed by atoms with Gasteiger partial charge in [-0.1, -0.05) is 167 Å². The zero-order valence-corrected chi connectivity index (χ0v) is 40.9. The summed E-state index contributed by atoms with van der Waals surface area (Å²) < 4.78 is 0. The summed E-state index contributed by atoms with van der Waals surface area (Å²) in [4.78, 5) is 79.5. The second-order valence-corrected chi connectivity index (χ2v) is 20.3. The SMILES string of the molecule is CCCCCCCCC1C(CCCCCC)CCC(CCCCCCCCN2C(=O)c3ccc(-c4ccc5c(c4)C(=O)N(C)C5=O)cc3C2=O)C1CCCCCCCCN1C(=O)C=CC1=O. The van der Waals surface area contributed by atoms with Crippen molar-refractivity contribution in [1.82, 2.24) is 14.7 Å². The highest BCUT2D eigenvalue weighted by molar-refractivity contribution is 6.23. The van der Waals surface area contributed by atoms with Crippen LogP contribution in [0.15, 0.2) is 48.6 Å². The van der Waals surface area contributed by atoms with Crippen LogP contribution in [-0.4, -0.2) is 70.3 Å². The lowest BCUT2D eigenvalue weighted by molar-refractivity contribution is -0.136. The van der Waals surface area contributed by atoms with Gasteiger partial charge in [0.15, 0.2) is 0 Å². The Morgan fingerprint density at radius 2 is 0.773 bits per heavy atom. The molecular formula is C57H81N3O6. The van der Waals surface area contributed by atoms with E-state index in [4.69, 9.17) is 0 Å². The van der Waals surface area contributed by atoms with Crippen LogP contribution >= 0.6 is 0 Å². The molecular weight excluding hydrogens is 823 g/mol. The van der Waals surface area contributed by atoms with Gasteiger partial charge in [-0.2, -0.15) is 0 Å². The molecule has 4 unspecified atom stereocenters. The molecule has 66 heavy (non-hydrogen) atoms. The van der Waals surface area contributed by atoms with Gasteiger partial charge in [0.05, 0.1) is 22.3 Å². The summed E-state index contributed by atoms with van der Waals surface area (Å²) in [5.41, 5.74) is 3.03. The van der Waals surface area contributed by atoms with E-state index >= 15 is 0 Å². The topological polar surface area (TPSA) is 112 Å². The van der Waals surface area contributed by atoms with Gasteiger partial charge in [-0.05, 0) is 97.6 Å². The molecule has 2 aromatic carbocycles. The number of hydrogen-bond acceptors (Lipinski definition) is 6. The number of nitrogens with zero attached hydrogens (tertiary/aromatic N) is 3. The lowest BCUT2D eigenvalue weighted by Gasteiger charge is -2.44. The van der Waals surface area contributed by atoms with E-state index in [2.05, 4.69) is 13.8 Å². The molecule has 1 aliphatic carbocycles. The Kier molecular flexibility index (Phi) is 20.3. The highest BCUT2D eigenvalue weighted by Crippen LogP contribution is 2.48. The van der Waals surface area contributed by atoms with Crippen molar-refractivity contribution >= 4 is 35.4 Å². The van der Waals surface area contributed by atoms with E-state index < -0.39 is 0 Å². The number of hydrogen-bond donors (Lipinski definition) is 0. The van der Waals surface area contributed by atoms with Gasteiger partial charge >= 0.3 is 0 Å². The third kappa shape index (κ3) is 13.4. The summed E-state index contributed by atoms with van der Waals surface area (Å²) in [6.07, 6.45) is 38.3. The molecule has 0 spiro atoms. The third-order valence-electron chi connectivity index (χ3n) is 15.7. The standard InChI is InChI=1S/C57H81N3O6/c1-4-6-8-10-16-22-28-46-42(26-20-9-7-5-2)30-31-43(47(46)29-23-17-12-14-18-24-38-59-52(61)36-37-53(59)62)27-21-15-11-13-19-25-39-60-56(65)49-35-33-45(41-51(49)57(60)66)44-32-34-48-50(40-44)55(64)58(3)54(48)63/h32-37,40-43,46-47H,4-31,38-39H2,1-3H3. The molecule has 4 aliphatic rings. The van der Waals surface area contributed by atoms with E-state index in [1.54, 1.807) is 30.3 Å². The Labute approximate surface area is 396 Å². The van der Waals surface area contributed by atoms with Crippen molar-refractivity contribution in [2.75, 3.05) is 20.1 Å². The van der Waals surface area contributed by atoms with Crippen LogP contribution < -0.4 is 0 Å². The second-order valence-electron chi connectivity index (χ2n) is 20.3. The minimum absolute atomic E-state index is 0.167. The first-order valence-corrected chi connectivity index (χ1v) is 26.6. The second kappa shape index (κ2) is 26.2. The summed E-state index contributed by atoms with van der Waals surface area (Å²) in [6, 6.07) is 10.4. The monoisotopic (exact) mass is 904 g/mol. The van der Waals surface area contributed by atoms with E-state index in [1.807, 2.05) is 6.07 Å². The lowest BCUT2D eigenvalue weighted by Crippen LogP contribution is -2.35. The highest BCUT2D eigenvalue weighted by atomic mass is 16.2. The van der Waals surface area contributed by atoms with Crippen molar-refractivity contribution in [3.05, 3.63) is 70.8 Å². The van der Waals surface area contributed by atoms with E-state index in [1.165, 1.54) is 177 Å². The molecule has 0 radical (unpaired) electrons. The van der Waals surface area contributed by atoms with Gasteiger partial charge in [0.2, 0.25) is 0 Å². The molecule has 0 bridgehead atoms. The first-order valence-electron chi connectivity index (χ1n) is 26.6. The third-order valence-corrected chi connectivity index (χ3v) is 15.7. The molecule has 0 N–H and O–H groups in total. The fraction of sp³-hybridized carbons (Fsp3) is 0.649. The number of carbonyl (C=O) groups is 6. The van der Waals surface area contributed by atoms with Crippen LogP contribution in [0.4, 0.5) is 0 Å². The molecule has 1 fully saturated rings. The van der Waals surface area contributed by atoms with Gasteiger partial charge in [-0.3, -0.25) is 43.5 Å². The van der Waals surface area contributed by atoms with Crippen LogP contribution in [0.3, 0.4) is 0 Å². The van der Waals surface area contributed by atoms with Gasteiger partial charge < -0.3 is 0 Å². The summed E-state index contributed by atoms with van der Waals surface area (Å²) >= 11 is 0. The normalized spacial score (nSPS) is 20.4. The van der Waals surface area contributed by atoms with E-state index in [0.717, 1.165) is 71.8 Å². The number of benzene rings is 2.